The normalized spacial score (nSPS) is 12.5. The van der Waals surface area contributed by atoms with Crippen LogP contribution in [0.1, 0.15) is 33.9 Å². The van der Waals surface area contributed by atoms with E-state index in [-0.39, 0.29) is 11.9 Å². The average molecular weight is 257 g/mol. The summed E-state index contributed by atoms with van der Waals surface area (Å²) in [4.78, 5) is 0. The Hall–Kier alpha value is -1.67. The highest BCUT2D eigenvalue weighted by Crippen LogP contribution is 2.25. The van der Waals surface area contributed by atoms with Gasteiger partial charge in [-0.25, -0.2) is 4.39 Å². The molecule has 0 saturated carbocycles. The van der Waals surface area contributed by atoms with Crippen LogP contribution < -0.4 is 5.73 Å². The smallest absolute Gasteiger partial charge is 0.126 e. The number of rotatable bonds is 3. The molecule has 0 aromatic heterocycles. The van der Waals surface area contributed by atoms with Gasteiger partial charge in [-0.3, -0.25) is 0 Å². The Labute approximate surface area is 114 Å². The molecule has 2 aromatic carbocycles. The van der Waals surface area contributed by atoms with Gasteiger partial charge >= 0.3 is 0 Å². The van der Waals surface area contributed by atoms with E-state index in [2.05, 4.69) is 32.9 Å². The largest absolute Gasteiger partial charge is 0.324 e. The molecule has 0 aliphatic carbocycles. The molecule has 100 valence electrons. The lowest BCUT2D eigenvalue weighted by atomic mass is 9.91. The molecule has 0 fully saturated rings. The van der Waals surface area contributed by atoms with Gasteiger partial charge in [0.15, 0.2) is 0 Å². The molecule has 0 aliphatic rings. The van der Waals surface area contributed by atoms with Gasteiger partial charge in [-0.2, -0.15) is 0 Å². The van der Waals surface area contributed by atoms with Crippen LogP contribution in [0.4, 0.5) is 4.39 Å². The van der Waals surface area contributed by atoms with Gasteiger partial charge in [-0.15, -0.1) is 0 Å². The van der Waals surface area contributed by atoms with Crippen LogP contribution in [0.2, 0.25) is 0 Å². The van der Waals surface area contributed by atoms with Crippen molar-refractivity contribution in [2.75, 3.05) is 0 Å². The number of aryl methyl sites for hydroxylation is 3. The Morgan fingerprint density at radius 3 is 2.21 bits per heavy atom. The summed E-state index contributed by atoms with van der Waals surface area (Å²) >= 11 is 0. The molecule has 1 atom stereocenters. The van der Waals surface area contributed by atoms with Crippen LogP contribution in [0.5, 0.6) is 0 Å². The number of nitrogens with two attached hydrogens (primary N) is 1. The molecule has 2 aromatic rings. The second-order valence-corrected chi connectivity index (χ2v) is 5.21. The second kappa shape index (κ2) is 5.54. The minimum atomic E-state index is -0.180. The zero-order valence-corrected chi connectivity index (χ0v) is 11.7. The predicted molar refractivity (Wildman–Crippen MR) is 77.7 cm³/mol. The summed E-state index contributed by atoms with van der Waals surface area (Å²) in [5.41, 5.74) is 11.7. The molecule has 1 unspecified atom stereocenters. The molecule has 0 amide bonds. The third-order valence-electron chi connectivity index (χ3n) is 3.51. The van der Waals surface area contributed by atoms with E-state index in [0.717, 1.165) is 5.56 Å². The lowest BCUT2D eigenvalue weighted by Gasteiger charge is -2.19. The highest BCUT2D eigenvalue weighted by Gasteiger charge is 2.14. The van der Waals surface area contributed by atoms with Crippen molar-refractivity contribution in [2.45, 2.75) is 33.2 Å². The van der Waals surface area contributed by atoms with Gasteiger partial charge < -0.3 is 5.73 Å². The molecule has 19 heavy (non-hydrogen) atoms. The van der Waals surface area contributed by atoms with E-state index in [1.807, 2.05) is 6.07 Å². The van der Waals surface area contributed by atoms with Crippen LogP contribution in [0, 0.1) is 26.6 Å². The van der Waals surface area contributed by atoms with Crippen molar-refractivity contribution in [2.24, 2.45) is 5.73 Å². The first-order valence-electron chi connectivity index (χ1n) is 6.55. The molecule has 0 heterocycles. The molecule has 1 nitrogen and oxygen atoms in total. The zero-order valence-electron chi connectivity index (χ0n) is 11.7. The lowest BCUT2D eigenvalue weighted by Crippen LogP contribution is -2.17. The van der Waals surface area contributed by atoms with Gasteiger partial charge in [-0.05, 0) is 55.5 Å². The molecular weight excluding hydrogens is 237 g/mol. The van der Waals surface area contributed by atoms with Gasteiger partial charge in [-0.1, -0.05) is 35.9 Å². The Bertz CT molecular complexity index is 567. The molecule has 2 N–H and O–H groups in total. The fourth-order valence-electron chi connectivity index (χ4n) is 2.78. The summed E-state index contributed by atoms with van der Waals surface area (Å²) in [7, 11) is 0. The van der Waals surface area contributed by atoms with Gasteiger partial charge in [0.05, 0.1) is 0 Å². The third-order valence-corrected chi connectivity index (χ3v) is 3.51. The maximum atomic E-state index is 13.7. The van der Waals surface area contributed by atoms with Gasteiger partial charge in [0, 0.05) is 6.04 Å². The van der Waals surface area contributed by atoms with E-state index >= 15 is 0 Å². The molecule has 0 bridgehead atoms. The van der Waals surface area contributed by atoms with E-state index in [4.69, 9.17) is 5.73 Å². The molecule has 0 radical (unpaired) electrons. The predicted octanol–water partition coefficient (Wildman–Crippen LogP) is 3.99. The average Bonchev–Trinajstić information content (AvgIpc) is 2.30. The van der Waals surface area contributed by atoms with Gasteiger partial charge in [0.2, 0.25) is 0 Å². The Morgan fingerprint density at radius 2 is 1.63 bits per heavy atom. The van der Waals surface area contributed by atoms with Crippen LogP contribution in [0.25, 0.3) is 0 Å². The molecule has 0 saturated heterocycles. The minimum Gasteiger partial charge on any atom is -0.324 e. The highest BCUT2D eigenvalue weighted by molar-refractivity contribution is 5.40. The Morgan fingerprint density at radius 1 is 1.05 bits per heavy atom. The van der Waals surface area contributed by atoms with Crippen LogP contribution >= 0.6 is 0 Å². The Balaban J connectivity index is 2.31. The number of halogens is 1. The number of hydrogen-bond acceptors (Lipinski definition) is 1. The van der Waals surface area contributed by atoms with Crippen molar-refractivity contribution in [3.63, 3.8) is 0 Å². The monoisotopic (exact) mass is 257 g/mol. The van der Waals surface area contributed by atoms with Crippen LogP contribution in [-0.4, -0.2) is 0 Å². The van der Waals surface area contributed by atoms with E-state index in [1.165, 1.54) is 22.8 Å². The van der Waals surface area contributed by atoms with Gasteiger partial charge in [0.25, 0.3) is 0 Å². The summed E-state index contributed by atoms with van der Waals surface area (Å²) in [5.74, 6) is -0.180. The summed E-state index contributed by atoms with van der Waals surface area (Å²) < 4.78 is 13.7. The van der Waals surface area contributed by atoms with Crippen molar-refractivity contribution in [3.05, 3.63) is 70.0 Å². The van der Waals surface area contributed by atoms with E-state index in [0.29, 0.717) is 12.0 Å². The van der Waals surface area contributed by atoms with Gasteiger partial charge in [0.1, 0.15) is 5.82 Å². The zero-order chi connectivity index (χ0) is 14.0. The van der Waals surface area contributed by atoms with E-state index in [1.54, 1.807) is 12.1 Å². The van der Waals surface area contributed by atoms with Crippen molar-refractivity contribution < 1.29 is 4.39 Å². The van der Waals surface area contributed by atoms with Crippen molar-refractivity contribution in [1.82, 2.24) is 0 Å². The summed E-state index contributed by atoms with van der Waals surface area (Å²) in [5, 5.41) is 0. The quantitative estimate of drug-likeness (QED) is 0.884. The standard InChI is InChI=1S/C17H20FN/c1-11-8-12(2)17(13(3)9-11)16(19)10-14-6-4-5-7-15(14)18/h4-9,16H,10,19H2,1-3H3. The number of hydrogen-bond donors (Lipinski definition) is 1. The second-order valence-electron chi connectivity index (χ2n) is 5.21. The maximum absolute atomic E-state index is 13.7. The summed E-state index contributed by atoms with van der Waals surface area (Å²) in [6.45, 7) is 6.21. The third kappa shape index (κ3) is 3.02. The highest BCUT2D eigenvalue weighted by atomic mass is 19.1. The fourth-order valence-corrected chi connectivity index (χ4v) is 2.78. The van der Waals surface area contributed by atoms with Crippen molar-refractivity contribution in [1.29, 1.82) is 0 Å². The molecule has 2 rings (SSSR count). The first kappa shape index (κ1) is 13.8. The molecule has 2 heteroatoms. The van der Waals surface area contributed by atoms with Crippen LogP contribution in [0.3, 0.4) is 0 Å². The van der Waals surface area contributed by atoms with Crippen molar-refractivity contribution in [3.8, 4) is 0 Å². The van der Waals surface area contributed by atoms with E-state index in [9.17, 15) is 4.39 Å². The molecule has 0 aliphatic heterocycles. The Kier molecular flexibility index (Phi) is 4.01. The number of benzene rings is 2. The van der Waals surface area contributed by atoms with Crippen LogP contribution in [0.15, 0.2) is 36.4 Å². The summed E-state index contributed by atoms with van der Waals surface area (Å²) in [6, 6.07) is 10.9. The van der Waals surface area contributed by atoms with E-state index < -0.39 is 0 Å². The topological polar surface area (TPSA) is 26.0 Å². The fraction of sp³-hybridized carbons (Fsp3) is 0.294. The lowest BCUT2D eigenvalue weighted by molar-refractivity contribution is 0.592. The minimum absolute atomic E-state index is 0.169. The first-order valence-corrected chi connectivity index (χ1v) is 6.55. The SMILES string of the molecule is Cc1cc(C)c(C(N)Cc2ccccc2F)c(C)c1. The summed E-state index contributed by atoms with van der Waals surface area (Å²) in [6.07, 6.45) is 0.525. The first-order chi connectivity index (χ1) is 8.99. The van der Waals surface area contributed by atoms with Crippen molar-refractivity contribution >= 4 is 0 Å². The molecule has 0 spiro atoms. The van der Waals surface area contributed by atoms with Crippen LogP contribution in [-0.2, 0) is 6.42 Å². The maximum Gasteiger partial charge on any atom is 0.126 e. The molecular formula is C17H20FN.